The molecule has 1 aromatic heterocycles. The zero-order valence-electron chi connectivity index (χ0n) is 14.7. The van der Waals surface area contributed by atoms with Crippen LogP contribution in [-0.2, 0) is 21.1 Å². The molecule has 3 rings (SSSR count). The number of oxazole rings is 1. The molecule has 0 radical (unpaired) electrons. The van der Waals surface area contributed by atoms with E-state index in [4.69, 9.17) is 9.15 Å². The van der Waals surface area contributed by atoms with Gasteiger partial charge in [-0.15, -0.1) is 0 Å². The van der Waals surface area contributed by atoms with Crippen molar-refractivity contribution in [1.29, 1.82) is 0 Å². The highest BCUT2D eigenvalue weighted by Crippen LogP contribution is 2.31. The van der Waals surface area contributed by atoms with E-state index in [1.54, 1.807) is 6.07 Å². The molecular formula is C17H23FN2O5S. The van der Waals surface area contributed by atoms with E-state index in [-0.39, 0.29) is 23.1 Å². The number of benzene rings is 1. The van der Waals surface area contributed by atoms with E-state index in [0.717, 1.165) is 12.8 Å². The first kappa shape index (κ1) is 19.1. The molecule has 0 spiro atoms. The predicted octanol–water partition coefficient (Wildman–Crippen LogP) is 1.26. The number of nitrogens with one attached hydrogen (secondary N) is 1. The number of fused-ring (bicyclic) bond motifs is 1. The van der Waals surface area contributed by atoms with Gasteiger partial charge in [0.2, 0.25) is 0 Å². The van der Waals surface area contributed by atoms with Crippen LogP contribution in [0.25, 0.3) is 11.1 Å². The Morgan fingerprint density at radius 2 is 2.00 bits per heavy atom. The Kier molecular flexibility index (Phi) is 5.79. The van der Waals surface area contributed by atoms with Crippen molar-refractivity contribution in [1.82, 2.24) is 9.88 Å². The molecule has 0 bridgehead atoms. The summed E-state index contributed by atoms with van der Waals surface area (Å²) < 4.78 is 48.6. The molecule has 2 heterocycles. The standard InChI is InChI=1S/C17H23FN2O5S/c1-26(22,23)9-5-19-4-6-20-15-10-13(12-2-7-24-8-3-12)14(18)11-16(15)25-17(20)21/h10-12,19H,2-9H2,1H3. The van der Waals surface area contributed by atoms with Crippen LogP contribution in [0.15, 0.2) is 21.3 Å². The summed E-state index contributed by atoms with van der Waals surface area (Å²) in [5.74, 6) is -0.808. The second-order valence-corrected chi connectivity index (χ2v) is 8.89. The van der Waals surface area contributed by atoms with Crippen molar-refractivity contribution in [2.45, 2.75) is 25.3 Å². The van der Waals surface area contributed by atoms with Crippen LogP contribution in [0, 0.1) is 5.82 Å². The summed E-state index contributed by atoms with van der Waals surface area (Å²) in [7, 11) is -3.03. The molecule has 2 aromatic rings. The van der Waals surface area contributed by atoms with Gasteiger partial charge in [-0.25, -0.2) is 17.6 Å². The second-order valence-electron chi connectivity index (χ2n) is 6.63. The number of nitrogens with zero attached hydrogens (tertiary/aromatic N) is 1. The summed E-state index contributed by atoms with van der Waals surface area (Å²) in [5.41, 5.74) is 1.36. The molecule has 0 aliphatic carbocycles. The van der Waals surface area contributed by atoms with E-state index in [0.29, 0.717) is 43.9 Å². The van der Waals surface area contributed by atoms with E-state index in [1.807, 2.05) is 0 Å². The second kappa shape index (κ2) is 7.89. The van der Waals surface area contributed by atoms with Gasteiger partial charge < -0.3 is 14.5 Å². The van der Waals surface area contributed by atoms with Gasteiger partial charge in [0.15, 0.2) is 5.58 Å². The van der Waals surface area contributed by atoms with Crippen molar-refractivity contribution >= 4 is 20.9 Å². The highest BCUT2D eigenvalue weighted by atomic mass is 32.2. The largest absolute Gasteiger partial charge is 0.419 e. The Morgan fingerprint density at radius 1 is 1.27 bits per heavy atom. The lowest BCUT2D eigenvalue weighted by atomic mass is 9.91. The van der Waals surface area contributed by atoms with Gasteiger partial charge in [0, 0.05) is 45.2 Å². The monoisotopic (exact) mass is 386 g/mol. The fourth-order valence-corrected chi connectivity index (χ4v) is 3.72. The van der Waals surface area contributed by atoms with Crippen molar-refractivity contribution in [3.63, 3.8) is 0 Å². The average molecular weight is 386 g/mol. The number of ether oxygens (including phenoxy) is 1. The highest BCUT2D eigenvalue weighted by Gasteiger charge is 2.22. The number of rotatable bonds is 7. The third-order valence-corrected chi connectivity index (χ3v) is 5.56. The Balaban J connectivity index is 1.77. The lowest BCUT2D eigenvalue weighted by Gasteiger charge is -2.22. The predicted molar refractivity (Wildman–Crippen MR) is 95.8 cm³/mol. The van der Waals surface area contributed by atoms with Crippen LogP contribution in [0.4, 0.5) is 4.39 Å². The first-order valence-corrected chi connectivity index (χ1v) is 10.7. The minimum atomic E-state index is -3.03. The maximum Gasteiger partial charge on any atom is 0.419 e. The minimum Gasteiger partial charge on any atom is -0.408 e. The van der Waals surface area contributed by atoms with Crippen molar-refractivity contribution in [3.8, 4) is 0 Å². The van der Waals surface area contributed by atoms with Gasteiger partial charge in [-0.05, 0) is 30.4 Å². The molecule has 1 aromatic carbocycles. The topological polar surface area (TPSA) is 90.5 Å². The first-order chi connectivity index (χ1) is 12.3. The molecule has 0 amide bonds. The van der Waals surface area contributed by atoms with Crippen LogP contribution in [0.1, 0.15) is 24.3 Å². The highest BCUT2D eigenvalue weighted by molar-refractivity contribution is 7.90. The normalized spacial score (nSPS) is 16.4. The van der Waals surface area contributed by atoms with Crippen LogP contribution in [0.5, 0.6) is 0 Å². The van der Waals surface area contributed by atoms with E-state index >= 15 is 0 Å². The zero-order valence-corrected chi connectivity index (χ0v) is 15.5. The maximum atomic E-state index is 14.4. The molecule has 1 N–H and O–H groups in total. The quantitative estimate of drug-likeness (QED) is 0.721. The summed E-state index contributed by atoms with van der Waals surface area (Å²) in [6, 6.07) is 2.97. The number of aromatic nitrogens is 1. The Labute approximate surface area is 151 Å². The van der Waals surface area contributed by atoms with E-state index in [2.05, 4.69) is 5.32 Å². The molecule has 26 heavy (non-hydrogen) atoms. The summed E-state index contributed by atoms with van der Waals surface area (Å²) in [5, 5.41) is 2.99. The fraction of sp³-hybridized carbons (Fsp3) is 0.588. The van der Waals surface area contributed by atoms with Gasteiger partial charge in [-0.1, -0.05) is 0 Å². The SMILES string of the molecule is CS(=O)(=O)CCNCCn1c(=O)oc2cc(F)c(C3CCOCC3)cc21. The zero-order chi connectivity index (χ0) is 18.7. The lowest BCUT2D eigenvalue weighted by molar-refractivity contribution is 0.0846. The molecule has 144 valence electrons. The average Bonchev–Trinajstić information content (AvgIpc) is 2.88. The molecule has 0 unspecified atom stereocenters. The van der Waals surface area contributed by atoms with Gasteiger partial charge in [-0.2, -0.15) is 0 Å². The number of hydrogen-bond donors (Lipinski definition) is 1. The molecule has 7 nitrogen and oxygen atoms in total. The van der Waals surface area contributed by atoms with Crippen LogP contribution in [0.3, 0.4) is 0 Å². The summed E-state index contributed by atoms with van der Waals surface area (Å²) in [6.07, 6.45) is 2.67. The van der Waals surface area contributed by atoms with Gasteiger partial charge in [0.1, 0.15) is 15.7 Å². The van der Waals surface area contributed by atoms with Crippen molar-refractivity contribution < 1.29 is 22.0 Å². The van der Waals surface area contributed by atoms with Crippen LogP contribution < -0.4 is 11.1 Å². The molecule has 1 fully saturated rings. The lowest BCUT2D eigenvalue weighted by Crippen LogP contribution is -2.28. The molecule has 0 saturated carbocycles. The van der Waals surface area contributed by atoms with Crippen molar-refractivity contribution in [2.24, 2.45) is 0 Å². The minimum absolute atomic E-state index is 0.0349. The van der Waals surface area contributed by atoms with Crippen molar-refractivity contribution in [2.75, 3.05) is 38.3 Å². The van der Waals surface area contributed by atoms with E-state index < -0.39 is 15.6 Å². The Morgan fingerprint density at radius 3 is 2.69 bits per heavy atom. The third kappa shape index (κ3) is 4.52. The summed E-state index contributed by atoms with van der Waals surface area (Å²) in [4.78, 5) is 12.1. The molecule has 9 heteroatoms. The first-order valence-electron chi connectivity index (χ1n) is 8.64. The molecular weight excluding hydrogens is 363 g/mol. The number of hydrogen-bond acceptors (Lipinski definition) is 6. The molecule has 0 atom stereocenters. The summed E-state index contributed by atoms with van der Waals surface area (Å²) >= 11 is 0. The van der Waals surface area contributed by atoms with Gasteiger partial charge in [0.25, 0.3) is 0 Å². The fourth-order valence-electron chi connectivity index (χ4n) is 3.21. The van der Waals surface area contributed by atoms with Crippen molar-refractivity contribution in [3.05, 3.63) is 34.1 Å². The number of sulfone groups is 1. The Hall–Kier alpha value is -1.71. The van der Waals surface area contributed by atoms with E-state index in [1.165, 1.54) is 16.9 Å². The van der Waals surface area contributed by atoms with Crippen LogP contribution in [0.2, 0.25) is 0 Å². The third-order valence-electron chi connectivity index (χ3n) is 4.61. The molecule has 1 aliphatic rings. The summed E-state index contributed by atoms with van der Waals surface area (Å²) in [6.45, 7) is 2.24. The van der Waals surface area contributed by atoms with E-state index in [9.17, 15) is 17.6 Å². The molecule has 1 aliphatic heterocycles. The van der Waals surface area contributed by atoms with Gasteiger partial charge in [0.05, 0.1) is 11.3 Å². The number of halogens is 1. The van der Waals surface area contributed by atoms with Crippen LogP contribution >= 0.6 is 0 Å². The van der Waals surface area contributed by atoms with Gasteiger partial charge in [-0.3, -0.25) is 4.57 Å². The maximum absolute atomic E-state index is 14.4. The Bertz CT molecular complexity index is 929. The smallest absolute Gasteiger partial charge is 0.408 e. The van der Waals surface area contributed by atoms with Crippen LogP contribution in [-0.4, -0.2) is 51.3 Å². The van der Waals surface area contributed by atoms with Gasteiger partial charge >= 0.3 is 5.76 Å². The molecule has 1 saturated heterocycles.